The van der Waals surface area contributed by atoms with Crippen LogP contribution in [0.3, 0.4) is 0 Å². The molecular formula is C18H27NO. The number of rotatable bonds is 3. The van der Waals surface area contributed by atoms with E-state index >= 15 is 0 Å². The first-order valence-electron chi connectivity index (χ1n) is 8.33. The molecule has 1 N–H and O–H groups in total. The Bertz CT molecular complexity index is 443. The van der Waals surface area contributed by atoms with Crippen LogP contribution in [0.15, 0.2) is 24.3 Å². The minimum atomic E-state index is -0.294. The number of nitrogens with zero attached hydrogens (tertiary/aromatic N) is 1. The molecule has 3 unspecified atom stereocenters. The van der Waals surface area contributed by atoms with Gasteiger partial charge in [0.05, 0.1) is 6.10 Å². The lowest BCUT2D eigenvalue weighted by atomic mass is 9.83. The van der Waals surface area contributed by atoms with Gasteiger partial charge in [0.2, 0.25) is 0 Å². The van der Waals surface area contributed by atoms with E-state index in [4.69, 9.17) is 0 Å². The molecule has 2 nitrogen and oxygen atoms in total. The lowest BCUT2D eigenvalue weighted by molar-refractivity contribution is -0.00569. The van der Waals surface area contributed by atoms with Crippen LogP contribution in [0.1, 0.15) is 62.7 Å². The van der Waals surface area contributed by atoms with E-state index in [0.717, 1.165) is 12.8 Å². The van der Waals surface area contributed by atoms with Crippen LogP contribution in [-0.4, -0.2) is 28.6 Å². The summed E-state index contributed by atoms with van der Waals surface area (Å²) in [5.41, 5.74) is 2.52. The monoisotopic (exact) mass is 273 g/mol. The third-order valence-electron chi connectivity index (χ3n) is 5.17. The number of aliphatic hydroxyl groups excluding tert-OH is 1. The van der Waals surface area contributed by atoms with E-state index in [2.05, 4.69) is 36.1 Å². The molecule has 20 heavy (non-hydrogen) atoms. The Kier molecular flexibility index (Phi) is 4.42. The van der Waals surface area contributed by atoms with Gasteiger partial charge in [0.25, 0.3) is 0 Å². The summed E-state index contributed by atoms with van der Waals surface area (Å²) < 4.78 is 0. The molecule has 1 aliphatic heterocycles. The SMILES string of the molecule is CCCC1CCCCN1C1CCc2ccccc2C1O. The zero-order valence-electron chi connectivity index (χ0n) is 12.6. The molecule has 0 spiro atoms. The first kappa shape index (κ1) is 14.1. The number of fused-ring (bicyclic) bond motifs is 1. The Balaban J connectivity index is 1.80. The van der Waals surface area contributed by atoms with Crippen molar-refractivity contribution in [1.82, 2.24) is 4.90 Å². The highest BCUT2D eigenvalue weighted by Gasteiger charge is 2.36. The average molecular weight is 273 g/mol. The van der Waals surface area contributed by atoms with Crippen molar-refractivity contribution in [3.05, 3.63) is 35.4 Å². The first-order valence-corrected chi connectivity index (χ1v) is 8.33. The van der Waals surface area contributed by atoms with Crippen molar-refractivity contribution in [3.8, 4) is 0 Å². The van der Waals surface area contributed by atoms with E-state index in [1.54, 1.807) is 0 Å². The van der Waals surface area contributed by atoms with Gasteiger partial charge in [-0.15, -0.1) is 0 Å². The fourth-order valence-electron chi connectivity index (χ4n) is 4.17. The number of benzene rings is 1. The predicted molar refractivity (Wildman–Crippen MR) is 82.8 cm³/mol. The maximum absolute atomic E-state index is 10.8. The molecule has 2 heteroatoms. The predicted octanol–water partition coefficient (Wildman–Crippen LogP) is 3.69. The Hall–Kier alpha value is -0.860. The van der Waals surface area contributed by atoms with Crippen molar-refractivity contribution in [2.75, 3.05) is 6.54 Å². The van der Waals surface area contributed by atoms with Gasteiger partial charge in [-0.1, -0.05) is 44.0 Å². The molecule has 0 saturated carbocycles. The molecule has 1 aliphatic carbocycles. The van der Waals surface area contributed by atoms with Gasteiger partial charge in [0, 0.05) is 12.1 Å². The topological polar surface area (TPSA) is 23.5 Å². The van der Waals surface area contributed by atoms with E-state index in [9.17, 15) is 5.11 Å². The van der Waals surface area contributed by atoms with Crippen LogP contribution in [-0.2, 0) is 6.42 Å². The Morgan fingerprint density at radius 1 is 1.20 bits per heavy atom. The summed E-state index contributed by atoms with van der Waals surface area (Å²) in [6.07, 6.45) is 8.44. The summed E-state index contributed by atoms with van der Waals surface area (Å²) in [5, 5.41) is 10.8. The molecular weight excluding hydrogens is 246 g/mol. The standard InChI is InChI=1S/C18H27NO/c1-2-7-15-9-5-6-13-19(15)17-12-11-14-8-3-4-10-16(14)18(17)20/h3-4,8,10,15,17-18,20H,2,5-7,9,11-13H2,1H3. The Morgan fingerprint density at radius 3 is 2.90 bits per heavy atom. The fraction of sp³-hybridized carbons (Fsp3) is 0.667. The number of aryl methyl sites for hydroxylation is 1. The van der Waals surface area contributed by atoms with Gasteiger partial charge in [-0.05, 0) is 49.8 Å². The fourth-order valence-corrected chi connectivity index (χ4v) is 4.17. The van der Waals surface area contributed by atoms with E-state index < -0.39 is 0 Å². The van der Waals surface area contributed by atoms with Crippen molar-refractivity contribution < 1.29 is 5.11 Å². The van der Waals surface area contributed by atoms with E-state index in [-0.39, 0.29) is 6.10 Å². The van der Waals surface area contributed by atoms with Gasteiger partial charge in [-0.3, -0.25) is 4.90 Å². The molecule has 1 aromatic carbocycles. The van der Waals surface area contributed by atoms with Gasteiger partial charge in [0.1, 0.15) is 0 Å². The molecule has 1 heterocycles. The van der Waals surface area contributed by atoms with Crippen molar-refractivity contribution in [3.63, 3.8) is 0 Å². The van der Waals surface area contributed by atoms with Gasteiger partial charge in [-0.2, -0.15) is 0 Å². The molecule has 2 aliphatic rings. The normalized spacial score (nSPS) is 31.0. The zero-order chi connectivity index (χ0) is 13.9. The van der Waals surface area contributed by atoms with Crippen LogP contribution >= 0.6 is 0 Å². The van der Waals surface area contributed by atoms with Crippen LogP contribution in [0, 0.1) is 0 Å². The van der Waals surface area contributed by atoms with Gasteiger partial charge >= 0.3 is 0 Å². The maximum atomic E-state index is 10.8. The molecule has 0 bridgehead atoms. The highest BCUT2D eigenvalue weighted by atomic mass is 16.3. The quantitative estimate of drug-likeness (QED) is 0.908. The van der Waals surface area contributed by atoms with Crippen LogP contribution in [0.4, 0.5) is 0 Å². The highest BCUT2D eigenvalue weighted by Crippen LogP contribution is 2.36. The van der Waals surface area contributed by atoms with Crippen molar-refractivity contribution in [2.24, 2.45) is 0 Å². The Labute approximate surface area is 122 Å². The van der Waals surface area contributed by atoms with E-state index in [0.29, 0.717) is 12.1 Å². The summed E-state index contributed by atoms with van der Waals surface area (Å²) in [7, 11) is 0. The molecule has 110 valence electrons. The van der Waals surface area contributed by atoms with Crippen molar-refractivity contribution >= 4 is 0 Å². The van der Waals surface area contributed by atoms with Crippen molar-refractivity contribution in [2.45, 2.75) is 70.1 Å². The second kappa shape index (κ2) is 6.28. The lowest BCUT2D eigenvalue weighted by Crippen LogP contribution is -2.50. The molecule has 0 amide bonds. The van der Waals surface area contributed by atoms with Gasteiger partial charge in [-0.25, -0.2) is 0 Å². The van der Waals surface area contributed by atoms with E-state index in [1.165, 1.54) is 49.8 Å². The summed E-state index contributed by atoms with van der Waals surface area (Å²) in [5.74, 6) is 0. The molecule has 0 aromatic heterocycles. The average Bonchev–Trinajstić information content (AvgIpc) is 2.49. The number of likely N-dealkylation sites (tertiary alicyclic amines) is 1. The highest BCUT2D eigenvalue weighted by molar-refractivity contribution is 5.32. The smallest absolute Gasteiger partial charge is 0.0948 e. The Morgan fingerprint density at radius 2 is 2.05 bits per heavy atom. The maximum Gasteiger partial charge on any atom is 0.0948 e. The van der Waals surface area contributed by atoms with Crippen molar-refractivity contribution in [1.29, 1.82) is 0 Å². The molecule has 3 atom stereocenters. The summed E-state index contributed by atoms with van der Waals surface area (Å²) >= 11 is 0. The van der Waals surface area contributed by atoms with Crippen LogP contribution in [0.2, 0.25) is 0 Å². The number of hydrogen-bond acceptors (Lipinski definition) is 2. The van der Waals surface area contributed by atoms with Crippen LogP contribution < -0.4 is 0 Å². The van der Waals surface area contributed by atoms with Crippen LogP contribution in [0.5, 0.6) is 0 Å². The molecule has 0 radical (unpaired) electrons. The number of aliphatic hydroxyl groups is 1. The zero-order valence-corrected chi connectivity index (χ0v) is 12.6. The second-order valence-corrected chi connectivity index (χ2v) is 6.43. The summed E-state index contributed by atoms with van der Waals surface area (Å²) in [6.45, 7) is 3.45. The second-order valence-electron chi connectivity index (χ2n) is 6.43. The summed E-state index contributed by atoms with van der Waals surface area (Å²) in [6, 6.07) is 9.47. The lowest BCUT2D eigenvalue weighted by Gasteiger charge is -2.45. The van der Waals surface area contributed by atoms with E-state index in [1.807, 2.05) is 0 Å². The number of piperidine rings is 1. The molecule has 1 fully saturated rings. The molecule has 1 aromatic rings. The third-order valence-corrected chi connectivity index (χ3v) is 5.17. The van der Waals surface area contributed by atoms with Gasteiger partial charge < -0.3 is 5.11 Å². The minimum absolute atomic E-state index is 0.294. The minimum Gasteiger partial charge on any atom is -0.387 e. The summed E-state index contributed by atoms with van der Waals surface area (Å²) in [4.78, 5) is 2.63. The third kappa shape index (κ3) is 2.64. The first-order chi connectivity index (χ1) is 9.81. The molecule has 3 rings (SSSR count). The molecule has 1 saturated heterocycles. The van der Waals surface area contributed by atoms with Gasteiger partial charge in [0.15, 0.2) is 0 Å². The number of hydrogen-bond donors (Lipinski definition) is 1. The van der Waals surface area contributed by atoms with Crippen LogP contribution in [0.25, 0.3) is 0 Å². The largest absolute Gasteiger partial charge is 0.387 e.